The third-order valence-corrected chi connectivity index (χ3v) is 8.02. The first-order valence-corrected chi connectivity index (χ1v) is 12.0. The van der Waals surface area contributed by atoms with Gasteiger partial charge in [0.1, 0.15) is 5.65 Å². The molecule has 0 saturated heterocycles. The lowest BCUT2D eigenvalue weighted by Crippen LogP contribution is -1.95. The van der Waals surface area contributed by atoms with E-state index in [4.69, 9.17) is 4.98 Å². The van der Waals surface area contributed by atoms with Gasteiger partial charge in [-0.15, -0.1) is 0 Å². The molecule has 0 saturated carbocycles. The van der Waals surface area contributed by atoms with Crippen LogP contribution in [0.1, 0.15) is 22.3 Å². The molecule has 2 aliphatic rings. The van der Waals surface area contributed by atoms with E-state index in [2.05, 4.69) is 75.0 Å². The molecule has 0 unspecified atom stereocenters. The van der Waals surface area contributed by atoms with Crippen molar-refractivity contribution in [3.63, 3.8) is 0 Å². The Kier molecular flexibility index (Phi) is 3.11. The van der Waals surface area contributed by atoms with Crippen molar-refractivity contribution in [2.75, 3.05) is 0 Å². The van der Waals surface area contributed by atoms with Crippen molar-refractivity contribution in [2.24, 2.45) is 0 Å². The van der Waals surface area contributed by atoms with Crippen LogP contribution in [0.2, 0.25) is 0 Å². The first-order chi connectivity index (χ1) is 17.4. The third kappa shape index (κ3) is 2.11. The zero-order valence-electron chi connectivity index (χ0n) is 18.8. The second-order valence-electron chi connectivity index (χ2n) is 9.68. The largest absolute Gasteiger partial charge is 0.291 e. The zero-order valence-corrected chi connectivity index (χ0v) is 18.8. The molecule has 2 aliphatic carbocycles. The highest BCUT2D eigenvalue weighted by Crippen LogP contribution is 2.49. The van der Waals surface area contributed by atoms with Gasteiger partial charge in [0.25, 0.3) is 0 Å². The smallest absolute Gasteiger partial charge is 0.146 e. The fourth-order valence-electron chi connectivity index (χ4n) is 6.59. The maximum Gasteiger partial charge on any atom is 0.146 e. The van der Waals surface area contributed by atoms with Crippen molar-refractivity contribution < 1.29 is 0 Å². The molecule has 3 aromatic carbocycles. The van der Waals surface area contributed by atoms with Crippen molar-refractivity contribution >= 4 is 38.4 Å². The standard InChI is InChI=1S/C31H18N4/c1-2-4-19-17(3-1)13-18-5-6-20-21-7-8-27-30(24(21)14-23(20)29(18)19)35-28-10-12-33-16-26(28)25-15-32-11-9-22(25)31(35)34-27/h1-12,15-16H,13-14H2. The summed E-state index contributed by atoms with van der Waals surface area (Å²) >= 11 is 0. The summed E-state index contributed by atoms with van der Waals surface area (Å²) in [6.07, 6.45) is 9.56. The monoisotopic (exact) mass is 446 g/mol. The molecule has 0 spiro atoms. The summed E-state index contributed by atoms with van der Waals surface area (Å²) in [5.41, 5.74) is 15.6. The molecule has 7 aromatic rings. The Hall–Kier alpha value is -4.57. The van der Waals surface area contributed by atoms with Gasteiger partial charge in [0.15, 0.2) is 0 Å². The summed E-state index contributed by atoms with van der Waals surface area (Å²) in [7, 11) is 0. The Bertz CT molecular complexity index is 2070. The average molecular weight is 447 g/mol. The van der Waals surface area contributed by atoms with E-state index in [1.807, 2.05) is 24.8 Å². The minimum Gasteiger partial charge on any atom is -0.291 e. The molecule has 35 heavy (non-hydrogen) atoms. The van der Waals surface area contributed by atoms with Gasteiger partial charge in [-0.2, -0.15) is 0 Å². The Morgan fingerprint density at radius 2 is 1.46 bits per heavy atom. The van der Waals surface area contributed by atoms with Gasteiger partial charge < -0.3 is 0 Å². The molecular weight excluding hydrogens is 428 g/mol. The van der Waals surface area contributed by atoms with Crippen LogP contribution < -0.4 is 0 Å². The fraction of sp³-hybridized carbons (Fsp3) is 0.0645. The maximum absolute atomic E-state index is 5.16. The lowest BCUT2D eigenvalue weighted by Gasteiger charge is -2.09. The number of benzene rings is 3. The molecular formula is C31H18N4. The van der Waals surface area contributed by atoms with E-state index in [0.29, 0.717) is 0 Å². The number of pyridine rings is 3. The van der Waals surface area contributed by atoms with Gasteiger partial charge in [0.2, 0.25) is 0 Å². The number of imidazole rings is 1. The van der Waals surface area contributed by atoms with Crippen molar-refractivity contribution in [3.8, 4) is 22.3 Å². The minimum absolute atomic E-state index is 0.925. The lowest BCUT2D eigenvalue weighted by atomic mass is 9.95. The minimum atomic E-state index is 0.925. The number of hydrogen-bond donors (Lipinski definition) is 0. The summed E-state index contributed by atoms with van der Waals surface area (Å²) < 4.78 is 2.35. The lowest BCUT2D eigenvalue weighted by molar-refractivity contribution is 1.22. The van der Waals surface area contributed by atoms with Gasteiger partial charge in [-0.3, -0.25) is 14.4 Å². The zero-order chi connectivity index (χ0) is 22.7. The molecule has 0 bridgehead atoms. The van der Waals surface area contributed by atoms with E-state index < -0.39 is 0 Å². The van der Waals surface area contributed by atoms with Gasteiger partial charge in [-0.05, 0) is 69.1 Å². The summed E-state index contributed by atoms with van der Waals surface area (Å²) in [6, 6.07) is 22.2. The van der Waals surface area contributed by atoms with Crippen LogP contribution in [0.3, 0.4) is 0 Å². The summed E-state index contributed by atoms with van der Waals surface area (Å²) in [5, 5.41) is 3.30. The van der Waals surface area contributed by atoms with Crippen molar-refractivity contribution in [3.05, 3.63) is 108 Å². The molecule has 4 nitrogen and oxygen atoms in total. The van der Waals surface area contributed by atoms with Gasteiger partial charge in [0, 0.05) is 47.4 Å². The predicted molar refractivity (Wildman–Crippen MR) is 140 cm³/mol. The van der Waals surface area contributed by atoms with E-state index in [0.717, 1.165) is 45.7 Å². The summed E-state index contributed by atoms with van der Waals surface area (Å²) in [6.45, 7) is 0. The van der Waals surface area contributed by atoms with E-state index in [-0.39, 0.29) is 0 Å². The Morgan fingerprint density at radius 1 is 0.629 bits per heavy atom. The second-order valence-corrected chi connectivity index (χ2v) is 9.68. The first-order valence-electron chi connectivity index (χ1n) is 12.0. The molecule has 0 aliphatic heterocycles. The van der Waals surface area contributed by atoms with Gasteiger partial charge >= 0.3 is 0 Å². The van der Waals surface area contributed by atoms with Crippen LogP contribution in [0.4, 0.5) is 0 Å². The van der Waals surface area contributed by atoms with Crippen molar-refractivity contribution in [1.82, 2.24) is 19.4 Å². The molecule has 0 fully saturated rings. The number of nitrogens with zero attached hydrogens (tertiary/aromatic N) is 4. The number of hydrogen-bond acceptors (Lipinski definition) is 3. The first kappa shape index (κ1) is 17.8. The molecule has 162 valence electrons. The van der Waals surface area contributed by atoms with Crippen LogP contribution >= 0.6 is 0 Å². The van der Waals surface area contributed by atoms with E-state index >= 15 is 0 Å². The molecule has 0 N–H and O–H groups in total. The van der Waals surface area contributed by atoms with E-state index in [1.165, 1.54) is 50.0 Å². The van der Waals surface area contributed by atoms with Crippen molar-refractivity contribution in [1.29, 1.82) is 0 Å². The van der Waals surface area contributed by atoms with Crippen molar-refractivity contribution in [2.45, 2.75) is 12.8 Å². The molecule has 9 rings (SSSR count). The third-order valence-electron chi connectivity index (χ3n) is 8.02. The van der Waals surface area contributed by atoms with Gasteiger partial charge in [-0.1, -0.05) is 42.5 Å². The topological polar surface area (TPSA) is 43.1 Å². The number of fused-ring (bicyclic) bond motifs is 16. The number of rotatable bonds is 0. The molecule has 4 heterocycles. The molecule has 4 heteroatoms. The van der Waals surface area contributed by atoms with Gasteiger partial charge in [-0.25, -0.2) is 4.98 Å². The molecule has 4 aromatic heterocycles. The Labute approximate surface area is 200 Å². The predicted octanol–water partition coefficient (Wildman–Crippen LogP) is 6.73. The highest BCUT2D eigenvalue weighted by Gasteiger charge is 2.30. The fourth-order valence-corrected chi connectivity index (χ4v) is 6.59. The summed E-state index contributed by atoms with van der Waals surface area (Å²) in [5.74, 6) is 0. The normalized spacial score (nSPS) is 13.5. The molecule has 0 radical (unpaired) electrons. The van der Waals surface area contributed by atoms with Crippen LogP contribution in [0.25, 0.3) is 60.6 Å². The van der Waals surface area contributed by atoms with Crippen LogP contribution in [0.5, 0.6) is 0 Å². The Morgan fingerprint density at radius 3 is 2.43 bits per heavy atom. The van der Waals surface area contributed by atoms with Crippen LogP contribution in [0, 0.1) is 0 Å². The molecule has 0 amide bonds. The quantitative estimate of drug-likeness (QED) is 0.243. The Balaban J connectivity index is 1.42. The highest BCUT2D eigenvalue weighted by atomic mass is 15.0. The van der Waals surface area contributed by atoms with E-state index in [9.17, 15) is 0 Å². The van der Waals surface area contributed by atoms with Crippen LogP contribution in [-0.4, -0.2) is 19.4 Å². The summed E-state index contributed by atoms with van der Waals surface area (Å²) in [4.78, 5) is 14.0. The number of aromatic nitrogens is 4. The SMILES string of the molecule is c1ccc2c(c1)Cc1ccc3c(c1-2)Cc1c-3ccc2nc3c4ccncc4c4cnccc4n3c12. The maximum atomic E-state index is 5.16. The van der Waals surface area contributed by atoms with Crippen LogP contribution in [-0.2, 0) is 12.8 Å². The van der Waals surface area contributed by atoms with Crippen LogP contribution in [0.15, 0.2) is 85.5 Å². The van der Waals surface area contributed by atoms with E-state index in [1.54, 1.807) is 0 Å². The average Bonchev–Trinajstić information content (AvgIpc) is 3.59. The molecule has 0 atom stereocenters. The highest BCUT2D eigenvalue weighted by molar-refractivity contribution is 6.14. The van der Waals surface area contributed by atoms with Gasteiger partial charge in [0.05, 0.1) is 16.6 Å². The second kappa shape index (κ2) is 6.10.